The van der Waals surface area contributed by atoms with Gasteiger partial charge in [0.2, 0.25) is 0 Å². The van der Waals surface area contributed by atoms with Crippen LogP contribution in [0.25, 0.3) is 0 Å². The topological polar surface area (TPSA) is 46.2 Å². The fraction of sp³-hybridized carbons (Fsp3) is 0.111. The van der Waals surface area contributed by atoms with Crippen molar-refractivity contribution in [2.75, 3.05) is 5.32 Å². The van der Waals surface area contributed by atoms with Crippen molar-refractivity contribution in [2.24, 2.45) is 0 Å². The summed E-state index contributed by atoms with van der Waals surface area (Å²) in [6.45, 7) is 0. The van der Waals surface area contributed by atoms with E-state index in [2.05, 4.69) is 10.9 Å². The van der Waals surface area contributed by atoms with Gasteiger partial charge in [-0.1, -0.05) is 0 Å². The van der Waals surface area contributed by atoms with Crippen LogP contribution in [0.3, 0.4) is 0 Å². The molecule has 0 saturated carbocycles. The van der Waals surface area contributed by atoms with Gasteiger partial charge < -0.3 is 0 Å². The minimum absolute atomic E-state index is 0.162. The summed E-state index contributed by atoms with van der Waals surface area (Å²) in [4.78, 5) is 11.3. The van der Waals surface area contributed by atoms with Gasteiger partial charge in [-0.2, -0.15) is 0 Å². The third kappa shape index (κ3) is 1.33. The van der Waals surface area contributed by atoms with Gasteiger partial charge >= 0.3 is 75.6 Å². The van der Waals surface area contributed by atoms with E-state index < -0.39 is 5.92 Å². The Morgan fingerprint density at radius 2 is 2.15 bits per heavy atom. The molecular weight excluding hydrogens is 185 g/mol. The van der Waals surface area contributed by atoms with Crippen LogP contribution >= 0.6 is 7.92 Å². The number of amides is 1. The average Bonchev–Trinajstić information content (AvgIpc) is 2.44. The van der Waals surface area contributed by atoms with Gasteiger partial charge in [-0.25, -0.2) is 0 Å². The molecule has 0 radical (unpaired) electrons. The monoisotopic (exact) mass is 191 g/mol. The zero-order valence-electron chi connectivity index (χ0n) is 6.65. The normalized spacial score (nSPS) is 18.8. The van der Waals surface area contributed by atoms with Gasteiger partial charge in [0, 0.05) is 0 Å². The van der Waals surface area contributed by atoms with Gasteiger partial charge in [-0.3, -0.25) is 0 Å². The minimum atomic E-state index is -0.490. The molecule has 1 aliphatic heterocycles. The Morgan fingerprint density at radius 1 is 1.38 bits per heavy atom. The number of carbonyl (C=O) groups is 1. The van der Waals surface area contributed by atoms with Gasteiger partial charge in [0.05, 0.1) is 0 Å². The number of hydrogen-bond donors (Lipinski definition) is 1. The van der Waals surface area contributed by atoms with Crippen LogP contribution in [0, 0.1) is 5.63 Å². The Hall–Kier alpha value is -1.30. The molecule has 0 spiro atoms. The Labute approximate surface area is 76.3 Å². The van der Waals surface area contributed by atoms with Gasteiger partial charge in [0.1, 0.15) is 0 Å². The quantitative estimate of drug-likeness (QED) is 0.637. The molecule has 13 heavy (non-hydrogen) atoms. The van der Waals surface area contributed by atoms with Crippen LogP contribution in [-0.2, 0) is 9.36 Å². The first-order valence-electron chi connectivity index (χ1n) is 3.80. The Morgan fingerprint density at radius 3 is 2.92 bits per heavy atom. The summed E-state index contributed by atoms with van der Waals surface area (Å²) in [6.07, 6.45) is 0. The number of hydrogen-bond acceptors (Lipinski definition) is 2. The van der Waals surface area contributed by atoms with Crippen LogP contribution in [0.5, 0.6) is 0 Å². The van der Waals surface area contributed by atoms with Crippen molar-refractivity contribution < 1.29 is 9.36 Å². The van der Waals surface area contributed by atoms with Crippen LogP contribution in [0.2, 0.25) is 0 Å². The van der Waals surface area contributed by atoms with E-state index in [0.717, 1.165) is 11.3 Å². The molecule has 1 aliphatic rings. The van der Waals surface area contributed by atoms with Gasteiger partial charge in [0.25, 0.3) is 0 Å². The van der Waals surface area contributed by atoms with Gasteiger partial charge in [0.15, 0.2) is 0 Å². The van der Waals surface area contributed by atoms with Crippen LogP contribution in [0.15, 0.2) is 24.3 Å². The first kappa shape index (κ1) is 8.31. The maximum absolute atomic E-state index is 11.3. The molecule has 0 saturated heterocycles. The first-order valence-corrected chi connectivity index (χ1v) is 4.62. The van der Waals surface area contributed by atoms with E-state index in [1.54, 1.807) is 0 Å². The molecule has 1 atom stereocenters. The van der Waals surface area contributed by atoms with Crippen molar-refractivity contribution in [3.05, 3.63) is 29.8 Å². The summed E-state index contributed by atoms with van der Waals surface area (Å²) in [7, 11) is -0.233. The van der Waals surface area contributed by atoms with E-state index in [-0.39, 0.29) is 13.8 Å². The number of rotatable bonds is 0. The Balaban J connectivity index is 2.56. The second-order valence-corrected chi connectivity index (χ2v) is 3.17. The molecule has 4 heteroatoms. The first-order chi connectivity index (χ1) is 6.33. The number of para-hydroxylation sites is 1. The van der Waals surface area contributed by atoms with Crippen molar-refractivity contribution in [1.82, 2.24) is 0 Å². The molecule has 1 unspecified atom stereocenters. The molecular formula is C9H6NO2P. The van der Waals surface area contributed by atoms with E-state index in [4.69, 9.17) is 0 Å². The van der Waals surface area contributed by atoms with Crippen LogP contribution < -0.4 is 5.32 Å². The predicted molar refractivity (Wildman–Crippen MR) is 49.3 cm³/mol. The molecule has 0 aromatic heterocycles. The third-order valence-corrected chi connectivity index (χ3v) is 2.34. The Kier molecular flexibility index (Phi) is 2.05. The summed E-state index contributed by atoms with van der Waals surface area (Å²) in [5, 5.41) is 2.69. The van der Waals surface area contributed by atoms with Crippen LogP contribution in [-0.4, -0.2) is 5.91 Å². The van der Waals surface area contributed by atoms with Crippen molar-refractivity contribution in [3.8, 4) is 5.63 Å². The molecule has 2 rings (SSSR count). The van der Waals surface area contributed by atoms with E-state index in [9.17, 15) is 9.36 Å². The number of benzene rings is 1. The van der Waals surface area contributed by atoms with E-state index in [0.29, 0.717) is 0 Å². The molecule has 1 N–H and O–H groups in total. The van der Waals surface area contributed by atoms with E-state index in [1.165, 1.54) is 0 Å². The summed E-state index contributed by atoms with van der Waals surface area (Å²) in [6, 6.07) is 7.33. The zero-order chi connectivity index (χ0) is 9.26. The van der Waals surface area contributed by atoms with Gasteiger partial charge in [-0.15, -0.1) is 0 Å². The molecule has 1 aromatic carbocycles. The van der Waals surface area contributed by atoms with Crippen molar-refractivity contribution >= 4 is 19.5 Å². The van der Waals surface area contributed by atoms with Crippen molar-refractivity contribution in [1.29, 1.82) is 0 Å². The van der Waals surface area contributed by atoms with E-state index in [1.807, 2.05) is 24.3 Å². The molecule has 1 aromatic rings. The predicted octanol–water partition coefficient (Wildman–Crippen LogP) is 1.97. The molecule has 64 valence electrons. The Bertz CT molecular complexity index is 463. The molecule has 0 aliphatic carbocycles. The standard InChI is InChI=1S/C9H6NO2P/c11-9-7(5-13-12)6-3-1-2-4-8(6)10-9/h1-4,7H,(H,10,11). The second-order valence-electron chi connectivity index (χ2n) is 2.73. The molecule has 1 amide bonds. The number of carbonyl (C=O) groups excluding carboxylic acids is 1. The van der Waals surface area contributed by atoms with Crippen molar-refractivity contribution in [3.63, 3.8) is 0 Å². The van der Waals surface area contributed by atoms with Crippen molar-refractivity contribution in [2.45, 2.75) is 5.92 Å². The maximum atomic E-state index is 11.3. The summed E-state index contributed by atoms with van der Waals surface area (Å²) in [5.41, 5.74) is 4.18. The van der Waals surface area contributed by atoms with Gasteiger partial charge in [-0.05, 0) is 0 Å². The fourth-order valence-electron chi connectivity index (χ4n) is 1.39. The number of anilines is 1. The van der Waals surface area contributed by atoms with Crippen LogP contribution in [0.4, 0.5) is 5.69 Å². The van der Waals surface area contributed by atoms with E-state index >= 15 is 0 Å². The summed E-state index contributed by atoms with van der Waals surface area (Å²) >= 11 is 0. The molecule has 0 fully saturated rings. The number of nitrogens with one attached hydrogen (secondary N) is 1. The third-order valence-electron chi connectivity index (χ3n) is 1.97. The molecule has 3 nitrogen and oxygen atoms in total. The molecule has 1 heterocycles. The fourth-order valence-corrected chi connectivity index (χ4v) is 1.75. The average molecular weight is 191 g/mol. The zero-order valence-corrected chi connectivity index (χ0v) is 7.54. The number of fused-ring (bicyclic) bond motifs is 1. The SMILES string of the molecule is O=P#CC1C(=O)Nc2ccccc21. The second kappa shape index (κ2) is 3.21. The van der Waals surface area contributed by atoms with Crippen LogP contribution in [0.1, 0.15) is 11.5 Å². The summed E-state index contributed by atoms with van der Waals surface area (Å²) < 4.78 is 10.3. The summed E-state index contributed by atoms with van der Waals surface area (Å²) in [5.74, 6) is -0.653. The molecule has 0 bridgehead atoms.